The Morgan fingerprint density at radius 2 is 1.55 bits per heavy atom. The molecule has 0 saturated heterocycles. The van der Waals surface area contributed by atoms with Crippen molar-refractivity contribution in [3.8, 4) is 0 Å². The summed E-state index contributed by atoms with van der Waals surface area (Å²) >= 11 is 0. The number of carbonyl (C=O) groups is 3. The largest absolute Gasteiger partial charge is 0.463 e. The maximum Gasteiger partial charge on any atom is 0.302 e. The fourth-order valence-corrected chi connectivity index (χ4v) is 9.21. The Kier molecular flexibility index (Phi) is 5.79. The molecule has 0 N–H and O–H groups in total. The van der Waals surface area contributed by atoms with Gasteiger partial charge in [-0.15, -0.1) is 0 Å². The number of hydrogen-bond acceptors (Lipinski definition) is 5. The van der Waals surface area contributed by atoms with Gasteiger partial charge in [-0.3, -0.25) is 14.4 Å². The van der Waals surface area contributed by atoms with Gasteiger partial charge in [0.1, 0.15) is 18.0 Å². The van der Waals surface area contributed by atoms with Crippen molar-refractivity contribution in [3.63, 3.8) is 0 Å². The highest BCUT2D eigenvalue weighted by atomic mass is 16.5. The third-order valence-corrected chi connectivity index (χ3v) is 9.95. The number of ether oxygens (including phenoxy) is 2. The molecule has 31 heavy (non-hydrogen) atoms. The van der Waals surface area contributed by atoms with Crippen LogP contribution < -0.4 is 0 Å². The molecule has 0 spiro atoms. The van der Waals surface area contributed by atoms with Crippen LogP contribution in [0.25, 0.3) is 0 Å². The van der Waals surface area contributed by atoms with E-state index in [2.05, 4.69) is 20.8 Å². The normalized spacial score (nSPS) is 48.7. The molecule has 5 heteroatoms. The number of carbonyl (C=O) groups excluding carboxylic acids is 3. The molecule has 4 aliphatic carbocycles. The van der Waals surface area contributed by atoms with Crippen molar-refractivity contribution in [2.24, 2.45) is 46.3 Å². The predicted octanol–water partition coefficient (Wildman–Crippen LogP) is 4.95. The number of esters is 2. The minimum atomic E-state index is -0.212. The lowest BCUT2D eigenvalue weighted by Crippen LogP contribution is -2.60. The van der Waals surface area contributed by atoms with E-state index in [1.807, 2.05) is 0 Å². The monoisotopic (exact) mass is 432 g/mol. The van der Waals surface area contributed by atoms with Gasteiger partial charge in [0.15, 0.2) is 0 Å². The van der Waals surface area contributed by atoms with Gasteiger partial charge in [-0.05, 0) is 86.4 Å². The second-order valence-corrected chi connectivity index (χ2v) is 11.7. The molecular formula is C26H40O5. The molecule has 0 radical (unpaired) electrons. The molecule has 0 heterocycles. The number of ketones is 1. The van der Waals surface area contributed by atoms with Crippen LogP contribution in [0.1, 0.15) is 86.5 Å². The smallest absolute Gasteiger partial charge is 0.302 e. The van der Waals surface area contributed by atoms with E-state index in [1.165, 1.54) is 13.8 Å². The molecule has 0 aromatic rings. The lowest BCUT2D eigenvalue weighted by molar-refractivity contribution is -0.200. The summed E-state index contributed by atoms with van der Waals surface area (Å²) in [5.41, 5.74) is -0.0107. The van der Waals surface area contributed by atoms with Crippen molar-refractivity contribution in [1.82, 2.24) is 0 Å². The van der Waals surface area contributed by atoms with E-state index < -0.39 is 0 Å². The average molecular weight is 433 g/mol. The third-order valence-electron chi connectivity index (χ3n) is 9.95. The predicted molar refractivity (Wildman–Crippen MR) is 117 cm³/mol. The quantitative estimate of drug-likeness (QED) is 0.590. The van der Waals surface area contributed by atoms with Crippen molar-refractivity contribution < 1.29 is 23.9 Å². The van der Waals surface area contributed by atoms with Crippen molar-refractivity contribution in [3.05, 3.63) is 0 Å². The lowest BCUT2D eigenvalue weighted by atomic mass is 9.43. The van der Waals surface area contributed by atoms with Crippen LogP contribution in [0.15, 0.2) is 0 Å². The van der Waals surface area contributed by atoms with Gasteiger partial charge in [0.05, 0.1) is 0 Å². The number of rotatable bonds is 3. The molecular weight excluding hydrogens is 392 g/mol. The summed E-state index contributed by atoms with van der Waals surface area (Å²) in [6.07, 6.45) is 6.84. The van der Waals surface area contributed by atoms with Gasteiger partial charge in [0.25, 0.3) is 0 Å². The Morgan fingerprint density at radius 1 is 0.871 bits per heavy atom. The van der Waals surface area contributed by atoms with Gasteiger partial charge in [-0.25, -0.2) is 0 Å². The van der Waals surface area contributed by atoms with Gasteiger partial charge in [0, 0.05) is 25.7 Å². The Morgan fingerprint density at radius 3 is 2.16 bits per heavy atom. The van der Waals surface area contributed by atoms with E-state index in [-0.39, 0.29) is 40.9 Å². The molecule has 0 aromatic carbocycles. The molecule has 4 saturated carbocycles. The van der Waals surface area contributed by atoms with E-state index >= 15 is 0 Å². The molecule has 4 aliphatic rings. The first kappa shape index (κ1) is 22.8. The molecule has 0 unspecified atom stereocenters. The molecule has 0 amide bonds. The van der Waals surface area contributed by atoms with Crippen LogP contribution in [0.2, 0.25) is 0 Å². The van der Waals surface area contributed by atoms with Gasteiger partial charge in [-0.1, -0.05) is 20.8 Å². The fraction of sp³-hybridized carbons (Fsp3) is 0.885. The summed E-state index contributed by atoms with van der Waals surface area (Å²) < 4.78 is 11.7. The van der Waals surface area contributed by atoms with E-state index in [0.717, 1.165) is 44.9 Å². The summed E-state index contributed by atoms with van der Waals surface area (Å²) in [5.74, 6) is 2.13. The molecule has 10 atom stereocenters. The fourth-order valence-electron chi connectivity index (χ4n) is 9.21. The molecule has 0 bridgehead atoms. The van der Waals surface area contributed by atoms with Crippen molar-refractivity contribution in [1.29, 1.82) is 0 Å². The first-order valence-electron chi connectivity index (χ1n) is 12.3. The topological polar surface area (TPSA) is 69.7 Å². The van der Waals surface area contributed by atoms with Gasteiger partial charge < -0.3 is 9.47 Å². The number of fused-ring (bicyclic) bond motifs is 5. The zero-order valence-corrected chi connectivity index (χ0v) is 20.1. The summed E-state index contributed by atoms with van der Waals surface area (Å²) in [7, 11) is 0. The van der Waals surface area contributed by atoms with Gasteiger partial charge >= 0.3 is 11.9 Å². The molecule has 0 aromatic heterocycles. The summed E-state index contributed by atoms with van der Waals surface area (Å²) in [4.78, 5) is 36.3. The van der Waals surface area contributed by atoms with Crippen LogP contribution in [0, 0.1) is 46.3 Å². The summed E-state index contributed by atoms with van der Waals surface area (Å²) in [6, 6.07) is 0. The highest BCUT2D eigenvalue weighted by Crippen LogP contribution is 2.69. The zero-order chi connectivity index (χ0) is 22.7. The Hall–Kier alpha value is -1.39. The maximum atomic E-state index is 12.7. The van der Waals surface area contributed by atoms with Crippen molar-refractivity contribution in [2.45, 2.75) is 98.7 Å². The summed E-state index contributed by atoms with van der Waals surface area (Å²) in [5, 5.41) is 0. The Balaban J connectivity index is 1.68. The SMILES string of the molecule is CC(=O)O[C@@H]1CC[C@@]2(C)[C@H](CC[C@@H]3[C@@H]2[C@H](OC(C)=O)C[C@@]2(C)[C@H]3C[C@@H](C)[C@@H]2C(C)=O)C1. The highest BCUT2D eigenvalue weighted by molar-refractivity contribution is 5.80. The second-order valence-electron chi connectivity index (χ2n) is 11.7. The maximum absolute atomic E-state index is 12.7. The van der Waals surface area contributed by atoms with E-state index in [9.17, 15) is 14.4 Å². The minimum absolute atomic E-state index is 0.0155. The highest BCUT2D eigenvalue weighted by Gasteiger charge is 2.66. The van der Waals surface area contributed by atoms with Crippen LogP contribution in [0.4, 0.5) is 0 Å². The van der Waals surface area contributed by atoms with Crippen molar-refractivity contribution >= 4 is 17.7 Å². The first-order chi connectivity index (χ1) is 14.5. The first-order valence-corrected chi connectivity index (χ1v) is 12.3. The lowest BCUT2D eigenvalue weighted by Gasteiger charge is -2.62. The average Bonchev–Trinajstić information content (AvgIpc) is 2.90. The molecule has 4 fully saturated rings. The third kappa shape index (κ3) is 3.64. The minimum Gasteiger partial charge on any atom is -0.463 e. The second kappa shape index (κ2) is 7.88. The van der Waals surface area contributed by atoms with Crippen LogP contribution in [-0.2, 0) is 23.9 Å². The number of hydrogen-bond donors (Lipinski definition) is 0. The summed E-state index contributed by atoms with van der Waals surface area (Å²) in [6.45, 7) is 11.7. The zero-order valence-electron chi connectivity index (χ0n) is 20.1. The Labute approximate surface area is 187 Å². The molecule has 0 aliphatic heterocycles. The van der Waals surface area contributed by atoms with E-state index in [0.29, 0.717) is 35.4 Å². The van der Waals surface area contributed by atoms with Gasteiger partial charge in [-0.2, -0.15) is 0 Å². The van der Waals surface area contributed by atoms with Crippen LogP contribution in [-0.4, -0.2) is 29.9 Å². The van der Waals surface area contributed by atoms with Gasteiger partial charge in [0.2, 0.25) is 0 Å². The molecule has 5 nitrogen and oxygen atoms in total. The van der Waals surface area contributed by atoms with Crippen LogP contribution in [0.3, 0.4) is 0 Å². The van der Waals surface area contributed by atoms with E-state index in [4.69, 9.17) is 9.47 Å². The van der Waals surface area contributed by atoms with E-state index in [1.54, 1.807) is 6.92 Å². The van der Waals surface area contributed by atoms with Crippen LogP contribution in [0.5, 0.6) is 0 Å². The number of Topliss-reactive ketones (excluding diaryl/α,β-unsaturated/α-hetero) is 1. The van der Waals surface area contributed by atoms with Crippen molar-refractivity contribution in [2.75, 3.05) is 0 Å². The molecule has 4 rings (SSSR count). The Bertz CT molecular complexity index is 761. The standard InChI is InChI=1S/C26H40O5/c1-14-11-21-20-8-7-18-12-19(30-16(3)28)9-10-25(18,5)24(20)22(31-17(4)29)13-26(21,6)23(14)15(2)27/h14,18-24H,7-13H2,1-6H3/t14-,18-,19-,20+,21+,22-,23-,24-,25+,26+/m1/s1. The van der Waals surface area contributed by atoms with Crippen LogP contribution >= 0.6 is 0 Å². The molecule has 174 valence electrons.